The van der Waals surface area contributed by atoms with Crippen LogP contribution >= 0.6 is 47.2 Å². The van der Waals surface area contributed by atoms with Crippen LogP contribution in [0.3, 0.4) is 0 Å². The van der Waals surface area contributed by atoms with E-state index in [0.29, 0.717) is 27.2 Å². The number of carbonyl (C=O) groups is 2. The first-order valence-electron chi connectivity index (χ1n) is 8.41. The summed E-state index contributed by atoms with van der Waals surface area (Å²) >= 11 is 18.9. The van der Waals surface area contributed by atoms with E-state index < -0.39 is 11.8 Å². The van der Waals surface area contributed by atoms with Gasteiger partial charge in [0.25, 0.3) is 11.8 Å². The fourth-order valence-electron chi connectivity index (χ4n) is 2.64. The first-order valence-corrected chi connectivity index (χ1v) is 10.6. The third-order valence-corrected chi connectivity index (χ3v) is 6.11. The van der Waals surface area contributed by atoms with E-state index in [0.717, 1.165) is 4.90 Å². The van der Waals surface area contributed by atoms with Crippen molar-refractivity contribution in [3.05, 3.63) is 63.9 Å². The molecule has 10 heteroatoms. The van der Waals surface area contributed by atoms with Gasteiger partial charge in [0, 0.05) is 34.8 Å². The summed E-state index contributed by atoms with van der Waals surface area (Å²) < 4.78 is 1.50. The smallest absolute Gasteiger partial charge is 0.265 e. The molecule has 1 saturated heterocycles. The maximum atomic E-state index is 12.8. The zero-order chi connectivity index (χ0) is 21.1. The highest BCUT2D eigenvalue weighted by Gasteiger charge is 2.33. The van der Waals surface area contributed by atoms with Crippen molar-refractivity contribution in [3.63, 3.8) is 0 Å². The largest absolute Gasteiger partial charge is 0.298 e. The molecule has 1 aliphatic heterocycles. The third-order valence-electron chi connectivity index (χ3n) is 4.06. The number of thiocarbonyl (C=S) groups is 1. The molecule has 2 amide bonds. The Morgan fingerprint density at radius 3 is 2.62 bits per heavy atom. The van der Waals surface area contributed by atoms with Crippen molar-refractivity contribution in [3.8, 4) is 0 Å². The predicted octanol–water partition coefficient (Wildman–Crippen LogP) is 3.83. The molecule has 1 N–H and O–H groups in total. The summed E-state index contributed by atoms with van der Waals surface area (Å²) in [5.41, 5.74) is 1.10. The van der Waals surface area contributed by atoms with E-state index in [1.165, 1.54) is 33.5 Å². The zero-order valence-electron chi connectivity index (χ0n) is 15.3. The lowest BCUT2D eigenvalue weighted by Gasteiger charge is -2.27. The van der Waals surface area contributed by atoms with Crippen molar-refractivity contribution in [2.24, 2.45) is 7.05 Å². The van der Waals surface area contributed by atoms with E-state index in [4.69, 9.17) is 35.4 Å². The van der Waals surface area contributed by atoms with Gasteiger partial charge in [0.15, 0.2) is 5.11 Å². The number of aromatic nitrogens is 2. The van der Waals surface area contributed by atoms with Crippen molar-refractivity contribution in [2.75, 3.05) is 6.54 Å². The minimum atomic E-state index is -0.573. The number of benzene rings is 1. The lowest BCUT2D eigenvalue weighted by Crippen LogP contribution is -2.53. The van der Waals surface area contributed by atoms with Crippen LogP contribution in [0.15, 0.2) is 47.4 Å². The molecule has 0 unspecified atom stereocenters. The summed E-state index contributed by atoms with van der Waals surface area (Å²) in [7, 11) is 1.70. The fourth-order valence-corrected chi connectivity index (χ4v) is 4.06. The first-order chi connectivity index (χ1) is 13.8. The minimum absolute atomic E-state index is 0.0489. The van der Waals surface area contributed by atoms with E-state index in [1.54, 1.807) is 19.2 Å². The summed E-state index contributed by atoms with van der Waals surface area (Å²) in [5.74, 6) is -0.585. The average Bonchev–Trinajstić information content (AvgIpc) is 2.95. The second kappa shape index (κ2) is 9.13. The Bertz CT molecular complexity index is 1030. The maximum Gasteiger partial charge on any atom is 0.265 e. The van der Waals surface area contributed by atoms with E-state index in [-0.39, 0.29) is 17.2 Å². The van der Waals surface area contributed by atoms with E-state index in [2.05, 4.69) is 17.0 Å². The molecule has 6 nitrogen and oxygen atoms in total. The number of hydrogen-bond donors (Lipinski definition) is 1. The normalized spacial score (nSPS) is 15.8. The zero-order valence-corrected chi connectivity index (χ0v) is 18.5. The molecule has 0 radical (unpaired) electrons. The highest BCUT2D eigenvalue weighted by molar-refractivity contribution is 7.98. The number of amides is 2. The van der Waals surface area contributed by atoms with Crippen LogP contribution in [-0.2, 0) is 22.4 Å². The van der Waals surface area contributed by atoms with Crippen molar-refractivity contribution in [1.82, 2.24) is 20.0 Å². The second-order valence-corrected chi connectivity index (χ2v) is 8.27. The summed E-state index contributed by atoms with van der Waals surface area (Å²) in [6.45, 7) is 3.80. The predicted molar refractivity (Wildman–Crippen MR) is 120 cm³/mol. The van der Waals surface area contributed by atoms with Gasteiger partial charge in [-0.25, -0.2) is 0 Å². The molecule has 0 bridgehead atoms. The van der Waals surface area contributed by atoms with E-state index in [9.17, 15) is 9.59 Å². The van der Waals surface area contributed by atoms with Gasteiger partial charge in [-0.2, -0.15) is 5.10 Å². The van der Waals surface area contributed by atoms with Crippen LogP contribution in [0.4, 0.5) is 0 Å². The quantitative estimate of drug-likeness (QED) is 0.230. The number of halogens is 2. The molecule has 3 rings (SSSR count). The Hall–Kier alpha value is -2.13. The van der Waals surface area contributed by atoms with Crippen molar-refractivity contribution in [1.29, 1.82) is 0 Å². The van der Waals surface area contributed by atoms with Gasteiger partial charge in [0.2, 0.25) is 0 Å². The van der Waals surface area contributed by atoms with Crippen LogP contribution in [-0.4, -0.2) is 38.2 Å². The van der Waals surface area contributed by atoms with Gasteiger partial charge in [-0.05, 0) is 42.6 Å². The molecule has 2 heterocycles. The van der Waals surface area contributed by atoms with Crippen LogP contribution in [0, 0.1) is 0 Å². The summed E-state index contributed by atoms with van der Waals surface area (Å²) in [6.07, 6.45) is 2.99. The van der Waals surface area contributed by atoms with Gasteiger partial charge in [-0.15, -0.1) is 18.3 Å². The van der Waals surface area contributed by atoms with Gasteiger partial charge < -0.3 is 0 Å². The molecular formula is C19H16Cl2N4O2S2. The third kappa shape index (κ3) is 4.72. The topological polar surface area (TPSA) is 67.2 Å². The first kappa shape index (κ1) is 21.6. The Morgan fingerprint density at radius 2 is 1.97 bits per heavy atom. The molecule has 0 spiro atoms. The number of rotatable bonds is 6. The molecule has 2 aromatic rings. The molecule has 0 aliphatic carbocycles. The molecule has 1 aromatic heterocycles. The van der Waals surface area contributed by atoms with Crippen molar-refractivity contribution in [2.45, 2.75) is 10.6 Å². The number of nitrogens with zero attached hydrogens (tertiary/aromatic N) is 3. The number of nitrogens with one attached hydrogen (secondary N) is 1. The number of thioether (sulfide) groups is 1. The van der Waals surface area contributed by atoms with Crippen LogP contribution in [0.2, 0.25) is 10.2 Å². The van der Waals surface area contributed by atoms with E-state index >= 15 is 0 Å². The molecule has 29 heavy (non-hydrogen) atoms. The van der Waals surface area contributed by atoms with Crippen LogP contribution in [0.5, 0.6) is 0 Å². The maximum absolute atomic E-state index is 12.8. The van der Waals surface area contributed by atoms with E-state index in [1.807, 2.05) is 12.1 Å². The standard InChI is InChI=1S/C19H16Cl2N4O2S2/c1-3-8-25-18(27)14(17(26)22-19(25)28)9-13-15(23-24(2)16(13)21)10-29-12-6-4-11(20)5-7-12/h3-7,9H,1,8,10H2,2H3,(H,22,26,28). The molecule has 0 saturated carbocycles. The average molecular weight is 467 g/mol. The minimum Gasteiger partial charge on any atom is -0.298 e. The van der Waals surface area contributed by atoms with Gasteiger partial charge in [0.05, 0.1) is 5.69 Å². The molecule has 0 atom stereocenters. The summed E-state index contributed by atoms with van der Waals surface area (Å²) in [4.78, 5) is 27.4. The SMILES string of the molecule is C=CCN1C(=O)C(=Cc2c(CSc3ccc(Cl)cc3)nn(C)c2Cl)C(=O)NC1=S. The van der Waals surface area contributed by atoms with Crippen LogP contribution in [0.1, 0.15) is 11.3 Å². The number of aryl methyl sites for hydroxylation is 1. The lowest BCUT2D eigenvalue weighted by atomic mass is 10.1. The second-order valence-electron chi connectivity index (χ2n) is 6.04. The Labute approximate surface area is 187 Å². The molecule has 1 aliphatic rings. The highest BCUT2D eigenvalue weighted by Crippen LogP contribution is 2.30. The lowest BCUT2D eigenvalue weighted by molar-refractivity contribution is -0.128. The van der Waals surface area contributed by atoms with Gasteiger partial charge in [-0.1, -0.05) is 29.3 Å². The molecular weight excluding hydrogens is 451 g/mol. The number of carbonyl (C=O) groups excluding carboxylic acids is 2. The summed E-state index contributed by atoms with van der Waals surface area (Å²) in [6, 6.07) is 7.42. The monoisotopic (exact) mass is 466 g/mol. The Morgan fingerprint density at radius 1 is 1.28 bits per heavy atom. The Kier molecular flexibility index (Phi) is 6.79. The van der Waals surface area contributed by atoms with Crippen molar-refractivity contribution < 1.29 is 9.59 Å². The van der Waals surface area contributed by atoms with Crippen molar-refractivity contribution >= 4 is 70.2 Å². The summed E-state index contributed by atoms with van der Waals surface area (Å²) in [5, 5.41) is 7.97. The molecule has 150 valence electrons. The fraction of sp³-hybridized carbons (Fsp3) is 0.158. The van der Waals surface area contributed by atoms with Gasteiger partial charge in [0.1, 0.15) is 10.7 Å². The number of hydrogen-bond acceptors (Lipinski definition) is 5. The van der Waals surface area contributed by atoms with Gasteiger partial charge >= 0.3 is 0 Å². The van der Waals surface area contributed by atoms with Crippen LogP contribution in [0.25, 0.3) is 6.08 Å². The van der Waals surface area contributed by atoms with Gasteiger partial charge in [-0.3, -0.25) is 24.5 Å². The van der Waals surface area contributed by atoms with Crippen LogP contribution < -0.4 is 5.32 Å². The highest BCUT2D eigenvalue weighted by atomic mass is 35.5. The molecule has 1 aromatic carbocycles. The molecule has 1 fully saturated rings. The Balaban J connectivity index is 1.92.